The molecule has 0 amide bonds. The third kappa shape index (κ3) is 4.66. The van der Waals surface area contributed by atoms with E-state index in [0.717, 1.165) is 17.3 Å². The highest BCUT2D eigenvalue weighted by Gasteiger charge is 2.43. The van der Waals surface area contributed by atoms with Gasteiger partial charge in [-0.05, 0) is 28.1 Å². The molecular weight excluding hydrogens is 529 g/mol. The molecule has 182 valence electrons. The summed E-state index contributed by atoms with van der Waals surface area (Å²) in [6.45, 7) is 3.13. The number of aliphatic carboxylic acids is 1. The van der Waals surface area contributed by atoms with Crippen molar-refractivity contribution in [3.8, 4) is 5.75 Å². The lowest BCUT2D eigenvalue weighted by molar-refractivity contribution is -0.162. The molecule has 3 aromatic rings. The molecule has 0 radical (unpaired) electrons. The summed E-state index contributed by atoms with van der Waals surface area (Å²) >= 11 is 4.69. The zero-order valence-corrected chi connectivity index (χ0v) is 21.4. The van der Waals surface area contributed by atoms with Gasteiger partial charge in [0.25, 0.3) is 0 Å². The number of halogens is 2. The van der Waals surface area contributed by atoms with Gasteiger partial charge in [-0.3, -0.25) is 0 Å². The highest BCUT2D eigenvalue weighted by molar-refractivity contribution is 9.10. The van der Waals surface area contributed by atoms with Crippen LogP contribution in [0.3, 0.4) is 0 Å². The molecule has 0 bridgehead atoms. The van der Waals surface area contributed by atoms with E-state index >= 15 is 0 Å². The number of anilines is 2. The molecular formula is C22H25BrFN5O4S. The number of fused-ring (bicyclic) bond motifs is 1. The van der Waals surface area contributed by atoms with Crippen LogP contribution < -0.4 is 14.5 Å². The van der Waals surface area contributed by atoms with E-state index in [0.29, 0.717) is 40.3 Å². The molecule has 1 unspecified atom stereocenters. The Labute approximate surface area is 208 Å². The van der Waals surface area contributed by atoms with E-state index in [-0.39, 0.29) is 18.3 Å². The molecule has 1 N–H and O–H groups in total. The smallest absolute Gasteiger partial charge is 0.357 e. The van der Waals surface area contributed by atoms with Crippen molar-refractivity contribution in [3.63, 3.8) is 0 Å². The average molecular weight is 554 g/mol. The third-order valence-electron chi connectivity index (χ3n) is 6.02. The number of methoxy groups -OCH3 is 1. The number of carboxylic acid groups (broad SMARTS) is 1. The largest absolute Gasteiger partial charge is 0.489 e. The first-order chi connectivity index (χ1) is 16.3. The summed E-state index contributed by atoms with van der Waals surface area (Å²) in [6, 6.07) is 4.40. The maximum absolute atomic E-state index is 13.5. The van der Waals surface area contributed by atoms with Crippen LogP contribution in [0.15, 0.2) is 28.9 Å². The predicted octanol–water partition coefficient (Wildman–Crippen LogP) is 4.31. The van der Waals surface area contributed by atoms with Crippen molar-refractivity contribution >= 4 is 54.7 Å². The number of carboxylic acids is 1. The van der Waals surface area contributed by atoms with E-state index in [9.17, 15) is 14.3 Å². The molecule has 9 nitrogen and oxygen atoms in total. The van der Waals surface area contributed by atoms with E-state index in [2.05, 4.69) is 35.8 Å². The predicted molar refractivity (Wildman–Crippen MR) is 131 cm³/mol. The van der Waals surface area contributed by atoms with Gasteiger partial charge in [-0.25, -0.2) is 19.2 Å². The molecule has 1 aromatic carbocycles. The molecule has 0 spiro atoms. The number of piperidine rings is 1. The van der Waals surface area contributed by atoms with Crippen LogP contribution in [0.25, 0.3) is 10.3 Å². The second kappa shape index (κ2) is 9.96. The summed E-state index contributed by atoms with van der Waals surface area (Å²) in [7, 11) is 3.02. The summed E-state index contributed by atoms with van der Waals surface area (Å²) in [6.07, 6.45) is 3.35. The molecule has 1 saturated heterocycles. The number of hydrogen-bond donors (Lipinski definition) is 1. The zero-order chi connectivity index (χ0) is 24.5. The van der Waals surface area contributed by atoms with Crippen LogP contribution in [0.4, 0.5) is 15.5 Å². The van der Waals surface area contributed by atoms with Gasteiger partial charge in [0.2, 0.25) is 11.7 Å². The first kappa shape index (κ1) is 24.6. The number of carbonyl (C=O) groups is 1. The number of benzene rings is 1. The second-order valence-corrected chi connectivity index (χ2v) is 9.75. The molecule has 1 aliphatic heterocycles. The van der Waals surface area contributed by atoms with Crippen LogP contribution in [0.5, 0.6) is 5.75 Å². The Morgan fingerprint density at radius 3 is 2.76 bits per heavy atom. The molecule has 1 atom stereocenters. The molecule has 1 fully saturated rings. The van der Waals surface area contributed by atoms with Crippen LogP contribution in [0, 0.1) is 5.82 Å². The summed E-state index contributed by atoms with van der Waals surface area (Å²) in [5, 5.41) is 10.2. The quantitative estimate of drug-likeness (QED) is 0.409. The van der Waals surface area contributed by atoms with Gasteiger partial charge in [-0.1, -0.05) is 18.3 Å². The Hall–Kier alpha value is -2.57. The highest BCUT2D eigenvalue weighted by atomic mass is 79.9. The van der Waals surface area contributed by atoms with Crippen molar-refractivity contribution in [2.75, 3.05) is 37.0 Å². The fraction of sp³-hybridized carbons (Fsp3) is 0.455. The second-order valence-electron chi connectivity index (χ2n) is 7.94. The third-order valence-corrected chi connectivity index (χ3v) is 7.72. The Morgan fingerprint density at radius 2 is 2.12 bits per heavy atom. The molecule has 12 heteroatoms. The molecule has 1 aliphatic rings. The standard InChI is InChI=1S/C22H25BrFN5O4S/c1-4-22(32-3,19(30)31)28(2)21-26-16-12-25-20(27-18(16)34-21)29-9-7-14(8-10-29)33-17-11-13(24)5-6-15(17)23/h5-6,11-12,14H,4,7-10H2,1-3H3,(H,30,31). The van der Waals surface area contributed by atoms with Gasteiger partial charge in [-0.15, -0.1) is 0 Å². The van der Waals surface area contributed by atoms with Crippen molar-refractivity contribution in [2.45, 2.75) is 38.0 Å². The molecule has 3 heterocycles. The minimum atomic E-state index is -1.51. The number of likely N-dealkylation sites (N-methyl/N-ethyl adjacent to an activating group) is 1. The van der Waals surface area contributed by atoms with Crippen LogP contribution in [0.2, 0.25) is 0 Å². The van der Waals surface area contributed by atoms with E-state index in [1.807, 2.05) is 0 Å². The van der Waals surface area contributed by atoms with Gasteiger partial charge in [0.1, 0.15) is 23.2 Å². The van der Waals surface area contributed by atoms with Gasteiger partial charge in [0, 0.05) is 52.6 Å². The van der Waals surface area contributed by atoms with Crippen LogP contribution >= 0.6 is 27.3 Å². The number of aromatic nitrogens is 3. The Balaban J connectivity index is 1.47. The lowest BCUT2D eigenvalue weighted by atomic mass is 10.1. The molecule has 0 saturated carbocycles. The van der Waals surface area contributed by atoms with Crippen molar-refractivity contribution in [3.05, 3.63) is 34.7 Å². The molecule has 34 heavy (non-hydrogen) atoms. The fourth-order valence-electron chi connectivity index (χ4n) is 3.99. The Kier molecular flexibility index (Phi) is 7.20. The van der Waals surface area contributed by atoms with Crippen LogP contribution in [-0.2, 0) is 9.53 Å². The topological polar surface area (TPSA) is 101 Å². The normalized spacial score (nSPS) is 16.4. The van der Waals surface area contributed by atoms with E-state index in [4.69, 9.17) is 9.47 Å². The summed E-state index contributed by atoms with van der Waals surface area (Å²) in [5.74, 6) is -0.334. The Bertz CT molecular complexity index is 1180. The van der Waals surface area contributed by atoms with Gasteiger partial charge in [0.05, 0.1) is 10.7 Å². The van der Waals surface area contributed by atoms with E-state index in [1.165, 1.54) is 35.5 Å². The summed E-state index contributed by atoms with van der Waals surface area (Å²) in [5.41, 5.74) is -0.917. The number of ether oxygens (including phenoxy) is 2. The van der Waals surface area contributed by atoms with Gasteiger partial charge in [0.15, 0.2) is 9.96 Å². The number of nitrogens with zero attached hydrogens (tertiary/aromatic N) is 5. The minimum Gasteiger partial charge on any atom is -0.489 e. The number of rotatable bonds is 8. The number of hydrogen-bond acceptors (Lipinski definition) is 9. The summed E-state index contributed by atoms with van der Waals surface area (Å²) in [4.78, 5) is 29.8. The van der Waals surface area contributed by atoms with Gasteiger partial charge in [-0.2, -0.15) is 4.98 Å². The average Bonchev–Trinajstić information content (AvgIpc) is 3.26. The SMILES string of the molecule is CCC(OC)(C(=O)O)N(C)c1nc2cnc(N3CCC(Oc4cc(F)ccc4Br)CC3)nc2s1. The monoisotopic (exact) mass is 553 g/mol. The van der Waals surface area contributed by atoms with E-state index < -0.39 is 11.7 Å². The van der Waals surface area contributed by atoms with Gasteiger partial charge < -0.3 is 24.4 Å². The zero-order valence-electron chi connectivity index (χ0n) is 19.0. The van der Waals surface area contributed by atoms with Crippen molar-refractivity contribution in [2.24, 2.45) is 0 Å². The summed E-state index contributed by atoms with van der Waals surface area (Å²) < 4.78 is 25.6. The lowest BCUT2D eigenvalue weighted by Crippen LogP contribution is -2.54. The number of thiazole rings is 1. The van der Waals surface area contributed by atoms with E-state index in [1.54, 1.807) is 26.2 Å². The molecule has 0 aliphatic carbocycles. The molecule has 2 aromatic heterocycles. The lowest BCUT2D eigenvalue weighted by Gasteiger charge is -2.35. The minimum absolute atomic E-state index is 0.0334. The highest BCUT2D eigenvalue weighted by Crippen LogP contribution is 2.34. The van der Waals surface area contributed by atoms with Crippen LogP contribution in [-0.4, -0.2) is 65.1 Å². The Morgan fingerprint density at radius 1 is 1.38 bits per heavy atom. The van der Waals surface area contributed by atoms with Crippen LogP contribution in [0.1, 0.15) is 26.2 Å². The fourth-order valence-corrected chi connectivity index (χ4v) is 5.26. The molecule has 4 rings (SSSR count). The van der Waals surface area contributed by atoms with Gasteiger partial charge >= 0.3 is 5.97 Å². The maximum Gasteiger partial charge on any atom is 0.357 e. The maximum atomic E-state index is 13.5. The first-order valence-corrected chi connectivity index (χ1v) is 12.4. The van der Waals surface area contributed by atoms with Crippen molar-refractivity contribution in [1.82, 2.24) is 15.0 Å². The van der Waals surface area contributed by atoms with Crippen molar-refractivity contribution < 1.29 is 23.8 Å². The first-order valence-electron chi connectivity index (χ1n) is 10.8. The van der Waals surface area contributed by atoms with Crippen molar-refractivity contribution in [1.29, 1.82) is 0 Å².